The van der Waals surface area contributed by atoms with Gasteiger partial charge in [0.05, 0.1) is 5.60 Å². The Kier molecular flexibility index (Phi) is 4.99. The Balaban J connectivity index is 1.58. The summed E-state index contributed by atoms with van der Waals surface area (Å²) >= 11 is 0. The number of hydrogen-bond acceptors (Lipinski definition) is 4. The molecule has 2 rings (SSSR count). The highest BCUT2D eigenvalue weighted by Crippen LogP contribution is 2.19. The zero-order valence-electron chi connectivity index (χ0n) is 10.6. The van der Waals surface area contributed by atoms with Crippen molar-refractivity contribution in [1.29, 1.82) is 0 Å². The topological polar surface area (TPSA) is 50.7 Å². The molecule has 1 fully saturated rings. The van der Waals surface area contributed by atoms with Crippen molar-refractivity contribution in [2.75, 3.05) is 32.9 Å². The van der Waals surface area contributed by atoms with Crippen molar-refractivity contribution in [3.63, 3.8) is 0 Å². The van der Waals surface area contributed by atoms with Crippen molar-refractivity contribution in [3.05, 3.63) is 30.3 Å². The molecule has 1 saturated heterocycles. The maximum absolute atomic E-state index is 10.2. The number of ether oxygens (including phenoxy) is 2. The van der Waals surface area contributed by atoms with Gasteiger partial charge in [-0.3, -0.25) is 0 Å². The molecule has 1 aliphatic rings. The third-order valence-electron chi connectivity index (χ3n) is 3.17. The number of para-hydroxylation sites is 1. The second kappa shape index (κ2) is 6.73. The van der Waals surface area contributed by atoms with Crippen molar-refractivity contribution in [3.8, 4) is 5.75 Å². The van der Waals surface area contributed by atoms with E-state index in [0.29, 0.717) is 39.2 Å². The van der Waals surface area contributed by atoms with E-state index in [-0.39, 0.29) is 0 Å². The molecule has 0 unspecified atom stereocenters. The molecule has 0 atom stereocenters. The van der Waals surface area contributed by atoms with Gasteiger partial charge in [-0.1, -0.05) is 18.2 Å². The summed E-state index contributed by atoms with van der Waals surface area (Å²) in [7, 11) is 0. The third-order valence-corrected chi connectivity index (χ3v) is 3.17. The zero-order chi connectivity index (χ0) is 12.7. The van der Waals surface area contributed by atoms with Crippen LogP contribution in [0.4, 0.5) is 0 Å². The Morgan fingerprint density at radius 2 is 1.94 bits per heavy atom. The van der Waals surface area contributed by atoms with Crippen molar-refractivity contribution in [1.82, 2.24) is 5.32 Å². The summed E-state index contributed by atoms with van der Waals surface area (Å²) in [6, 6.07) is 9.74. The van der Waals surface area contributed by atoms with Crippen molar-refractivity contribution in [2.45, 2.75) is 18.4 Å². The Bertz CT molecular complexity index is 336. The van der Waals surface area contributed by atoms with E-state index in [9.17, 15) is 5.11 Å². The van der Waals surface area contributed by atoms with Gasteiger partial charge in [0.25, 0.3) is 0 Å². The maximum atomic E-state index is 10.2. The van der Waals surface area contributed by atoms with Crippen LogP contribution < -0.4 is 10.1 Å². The van der Waals surface area contributed by atoms with Gasteiger partial charge in [0.15, 0.2) is 0 Å². The molecule has 0 radical (unpaired) electrons. The van der Waals surface area contributed by atoms with Crippen LogP contribution >= 0.6 is 0 Å². The number of rotatable bonds is 6. The van der Waals surface area contributed by atoms with Crippen LogP contribution in [0.1, 0.15) is 12.8 Å². The van der Waals surface area contributed by atoms with Gasteiger partial charge in [-0.05, 0) is 12.1 Å². The fraction of sp³-hybridized carbons (Fsp3) is 0.571. The lowest BCUT2D eigenvalue weighted by Gasteiger charge is -2.32. The van der Waals surface area contributed by atoms with E-state index in [4.69, 9.17) is 9.47 Å². The number of nitrogens with one attached hydrogen (secondary N) is 1. The second-order valence-corrected chi connectivity index (χ2v) is 4.68. The molecule has 2 N–H and O–H groups in total. The lowest BCUT2D eigenvalue weighted by molar-refractivity contribution is -0.0616. The first-order valence-corrected chi connectivity index (χ1v) is 6.47. The first kappa shape index (κ1) is 13.3. The fourth-order valence-corrected chi connectivity index (χ4v) is 2.01. The van der Waals surface area contributed by atoms with Gasteiger partial charge in [0.1, 0.15) is 12.4 Å². The lowest BCUT2D eigenvalue weighted by atomic mass is 9.94. The van der Waals surface area contributed by atoms with Crippen LogP contribution in [0.15, 0.2) is 30.3 Å². The minimum atomic E-state index is -0.606. The molecule has 0 aromatic heterocycles. The molecule has 0 amide bonds. The highest BCUT2D eigenvalue weighted by molar-refractivity contribution is 5.20. The Hall–Kier alpha value is -1.10. The van der Waals surface area contributed by atoms with Gasteiger partial charge in [0, 0.05) is 39.1 Å². The van der Waals surface area contributed by atoms with Crippen LogP contribution in [0, 0.1) is 0 Å². The van der Waals surface area contributed by atoms with E-state index >= 15 is 0 Å². The summed E-state index contributed by atoms with van der Waals surface area (Å²) in [6.07, 6.45) is 1.42. The molecule has 0 bridgehead atoms. The van der Waals surface area contributed by atoms with E-state index in [1.807, 2.05) is 30.3 Å². The molecule has 4 heteroatoms. The summed E-state index contributed by atoms with van der Waals surface area (Å²) in [6.45, 7) is 3.25. The molecular formula is C14H21NO3. The largest absolute Gasteiger partial charge is 0.492 e. The summed E-state index contributed by atoms with van der Waals surface area (Å²) in [5, 5.41) is 13.4. The van der Waals surface area contributed by atoms with E-state index in [0.717, 1.165) is 12.3 Å². The quantitative estimate of drug-likeness (QED) is 0.746. The average Bonchev–Trinajstić information content (AvgIpc) is 2.40. The highest BCUT2D eigenvalue weighted by atomic mass is 16.5. The van der Waals surface area contributed by atoms with Crippen LogP contribution in [0.3, 0.4) is 0 Å². The van der Waals surface area contributed by atoms with Crippen molar-refractivity contribution in [2.24, 2.45) is 0 Å². The smallest absolute Gasteiger partial charge is 0.119 e. The molecule has 1 heterocycles. The molecular weight excluding hydrogens is 230 g/mol. The van der Waals surface area contributed by atoms with E-state index in [1.54, 1.807) is 0 Å². The van der Waals surface area contributed by atoms with E-state index < -0.39 is 5.60 Å². The number of benzene rings is 1. The van der Waals surface area contributed by atoms with Crippen LogP contribution in [0.2, 0.25) is 0 Å². The minimum Gasteiger partial charge on any atom is -0.492 e. The van der Waals surface area contributed by atoms with Gasteiger partial charge in [-0.15, -0.1) is 0 Å². The molecule has 0 aliphatic carbocycles. The van der Waals surface area contributed by atoms with Gasteiger partial charge in [-0.2, -0.15) is 0 Å². The number of aliphatic hydroxyl groups is 1. The van der Waals surface area contributed by atoms with Crippen LogP contribution in [0.5, 0.6) is 5.75 Å². The third kappa shape index (κ3) is 4.29. The second-order valence-electron chi connectivity index (χ2n) is 4.68. The molecule has 1 aliphatic heterocycles. The van der Waals surface area contributed by atoms with Crippen molar-refractivity contribution < 1.29 is 14.6 Å². The fourth-order valence-electron chi connectivity index (χ4n) is 2.01. The molecule has 4 nitrogen and oxygen atoms in total. The van der Waals surface area contributed by atoms with Crippen molar-refractivity contribution >= 4 is 0 Å². The zero-order valence-corrected chi connectivity index (χ0v) is 10.6. The molecule has 0 saturated carbocycles. The SMILES string of the molecule is OC1(CNCCOc2ccccc2)CCOCC1. The predicted molar refractivity (Wildman–Crippen MR) is 69.8 cm³/mol. The Morgan fingerprint density at radius 3 is 2.67 bits per heavy atom. The summed E-state index contributed by atoms with van der Waals surface area (Å²) in [5.74, 6) is 0.879. The lowest BCUT2D eigenvalue weighted by Crippen LogP contribution is -2.45. The molecule has 1 aromatic rings. The first-order valence-electron chi connectivity index (χ1n) is 6.47. The van der Waals surface area contributed by atoms with Gasteiger partial charge < -0.3 is 19.9 Å². The van der Waals surface area contributed by atoms with Crippen LogP contribution in [-0.4, -0.2) is 43.6 Å². The first-order chi connectivity index (χ1) is 8.79. The van der Waals surface area contributed by atoms with E-state index in [2.05, 4.69) is 5.32 Å². The molecule has 1 aromatic carbocycles. The monoisotopic (exact) mass is 251 g/mol. The average molecular weight is 251 g/mol. The normalized spacial score (nSPS) is 18.5. The summed E-state index contributed by atoms with van der Waals surface area (Å²) in [4.78, 5) is 0. The maximum Gasteiger partial charge on any atom is 0.119 e. The summed E-state index contributed by atoms with van der Waals surface area (Å²) < 4.78 is 10.8. The van der Waals surface area contributed by atoms with Gasteiger partial charge in [0.2, 0.25) is 0 Å². The molecule has 100 valence electrons. The standard InChI is InChI=1S/C14H21NO3/c16-14(6-9-17-10-7-14)12-15-8-11-18-13-4-2-1-3-5-13/h1-5,15-16H,6-12H2. The molecule has 0 spiro atoms. The Morgan fingerprint density at radius 1 is 1.22 bits per heavy atom. The van der Waals surface area contributed by atoms with Crippen LogP contribution in [-0.2, 0) is 4.74 Å². The van der Waals surface area contributed by atoms with Gasteiger partial charge in [-0.25, -0.2) is 0 Å². The van der Waals surface area contributed by atoms with Crippen LogP contribution in [0.25, 0.3) is 0 Å². The Labute approximate surface area is 108 Å². The molecule has 18 heavy (non-hydrogen) atoms. The predicted octanol–water partition coefficient (Wildman–Crippen LogP) is 1.20. The van der Waals surface area contributed by atoms with Gasteiger partial charge >= 0.3 is 0 Å². The highest BCUT2D eigenvalue weighted by Gasteiger charge is 2.28. The summed E-state index contributed by atoms with van der Waals surface area (Å²) in [5.41, 5.74) is -0.606. The number of hydrogen-bond donors (Lipinski definition) is 2. The van der Waals surface area contributed by atoms with E-state index in [1.165, 1.54) is 0 Å². The minimum absolute atomic E-state index is 0.606.